The van der Waals surface area contributed by atoms with Gasteiger partial charge in [0.25, 0.3) is 0 Å². The summed E-state index contributed by atoms with van der Waals surface area (Å²) in [7, 11) is 0. The molecular formula is C42H46O2S4. The van der Waals surface area contributed by atoms with Gasteiger partial charge in [0.2, 0.25) is 0 Å². The molecule has 3 aromatic carbocycles. The van der Waals surface area contributed by atoms with E-state index in [9.17, 15) is 0 Å². The molecule has 7 rings (SSSR count). The molecule has 2 nitrogen and oxygen atoms in total. The fourth-order valence-corrected chi connectivity index (χ4v) is 11.7. The van der Waals surface area contributed by atoms with Gasteiger partial charge in [-0.3, -0.25) is 0 Å². The van der Waals surface area contributed by atoms with E-state index in [2.05, 4.69) is 86.6 Å². The highest BCUT2D eigenvalue weighted by molar-refractivity contribution is 7.39. The maximum absolute atomic E-state index is 5.72. The van der Waals surface area contributed by atoms with Crippen molar-refractivity contribution in [2.24, 2.45) is 0 Å². The molecule has 0 atom stereocenters. The Balaban J connectivity index is 1.01. The van der Waals surface area contributed by atoms with Crippen molar-refractivity contribution in [1.29, 1.82) is 0 Å². The van der Waals surface area contributed by atoms with Crippen molar-refractivity contribution in [2.75, 3.05) is 26.4 Å². The smallest absolute Gasteiger partial charge is 0.0542 e. The molecule has 7 aromatic rings. The zero-order chi connectivity index (χ0) is 32.7. The van der Waals surface area contributed by atoms with Gasteiger partial charge in [-0.2, -0.15) is 0 Å². The quantitative estimate of drug-likeness (QED) is 0.0826. The van der Waals surface area contributed by atoms with Gasteiger partial charge >= 0.3 is 0 Å². The first-order valence-electron chi connectivity index (χ1n) is 17.9. The van der Waals surface area contributed by atoms with E-state index in [1.54, 1.807) is 0 Å². The fourth-order valence-electron chi connectivity index (χ4n) is 6.34. The SMILES string of the molecule is CCCCOCCCCc1ccc(-c2cc3sc4c(ccc5c6sc(-c7ccc(CCCCOCCCC)cc7)cc6sc54)c3s2)cc1. The summed E-state index contributed by atoms with van der Waals surface area (Å²) in [6.07, 6.45) is 11.6. The third-order valence-electron chi connectivity index (χ3n) is 9.19. The summed E-state index contributed by atoms with van der Waals surface area (Å²) in [5.41, 5.74) is 5.50. The van der Waals surface area contributed by atoms with Crippen LogP contribution in [0.25, 0.3) is 59.9 Å². The van der Waals surface area contributed by atoms with Crippen molar-refractivity contribution in [3.63, 3.8) is 0 Å². The number of aryl methyl sites for hydroxylation is 2. The third kappa shape index (κ3) is 7.75. The molecule has 0 spiro atoms. The Morgan fingerprint density at radius 2 is 0.854 bits per heavy atom. The lowest BCUT2D eigenvalue weighted by Crippen LogP contribution is -1.97. The predicted octanol–water partition coefficient (Wildman–Crippen LogP) is 14.2. The molecule has 0 amide bonds. The summed E-state index contributed by atoms with van der Waals surface area (Å²) in [5, 5.41) is 2.82. The van der Waals surface area contributed by atoms with E-state index in [1.165, 1.54) is 110 Å². The highest BCUT2D eigenvalue weighted by Crippen LogP contribution is 2.50. The summed E-state index contributed by atoms with van der Waals surface area (Å²) < 4.78 is 20.0. The van der Waals surface area contributed by atoms with Gasteiger partial charge in [0.1, 0.15) is 0 Å². The zero-order valence-electron chi connectivity index (χ0n) is 28.3. The lowest BCUT2D eigenvalue weighted by Gasteiger charge is -2.05. The number of fused-ring (bicyclic) bond motifs is 7. The van der Waals surface area contributed by atoms with Crippen molar-refractivity contribution in [2.45, 2.75) is 78.1 Å². The van der Waals surface area contributed by atoms with Crippen LogP contribution < -0.4 is 0 Å². The van der Waals surface area contributed by atoms with Crippen LogP contribution in [0, 0.1) is 0 Å². The van der Waals surface area contributed by atoms with Gasteiger partial charge < -0.3 is 9.47 Å². The maximum atomic E-state index is 5.72. The molecule has 0 aliphatic heterocycles. The lowest BCUT2D eigenvalue weighted by molar-refractivity contribution is 0.127. The molecule has 0 fully saturated rings. The van der Waals surface area contributed by atoms with Crippen LogP contribution in [0.3, 0.4) is 0 Å². The van der Waals surface area contributed by atoms with E-state index < -0.39 is 0 Å². The molecule has 0 saturated carbocycles. The predicted molar refractivity (Wildman–Crippen MR) is 216 cm³/mol. The summed E-state index contributed by atoms with van der Waals surface area (Å²) in [4.78, 5) is 2.74. The van der Waals surface area contributed by atoms with Crippen molar-refractivity contribution < 1.29 is 9.47 Å². The Morgan fingerprint density at radius 1 is 0.438 bits per heavy atom. The molecule has 4 aromatic heterocycles. The van der Waals surface area contributed by atoms with Crippen LogP contribution in [0.2, 0.25) is 0 Å². The summed E-state index contributed by atoms with van der Waals surface area (Å²) in [6, 6.07) is 28.1. The van der Waals surface area contributed by atoms with Crippen LogP contribution in [-0.2, 0) is 22.3 Å². The second-order valence-electron chi connectivity index (χ2n) is 12.9. The van der Waals surface area contributed by atoms with Gasteiger partial charge in [-0.05, 0) is 85.8 Å². The Hall–Kier alpha value is -2.58. The molecular weight excluding hydrogens is 665 g/mol. The summed E-state index contributed by atoms with van der Waals surface area (Å²) in [6.45, 7) is 8.01. The third-order valence-corrected chi connectivity index (χ3v) is 14.4. The molecule has 6 heteroatoms. The zero-order valence-corrected chi connectivity index (χ0v) is 31.5. The highest BCUT2D eigenvalue weighted by atomic mass is 32.1. The second-order valence-corrected chi connectivity index (χ2v) is 17.1. The topological polar surface area (TPSA) is 18.5 Å². The molecule has 0 N–H and O–H groups in total. The molecule has 250 valence electrons. The Morgan fingerprint density at radius 3 is 1.27 bits per heavy atom. The molecule has 0 aliphatic rings. The molecule has 0 saturated heterocycles. The number of unbranched alkanes of at least 4 members (excludes halogenated alkanes) is 4. The second kappa shape index (κ2) is 16.4. The largest absolute Gasteiger partial charge is 0.381 e. The molecule has 0 unspecified atom stereocenters. The number of hydrogen-bond donors (Lipinski definition) is 0. The number of thiophene rings is 4. The van der Waals surface area contributed by atoms with Gasteiger partial charge in [0.05, 0.1) is 18.8 Å². The van der Waals surface area contributed by atoms with Crippen molar-refractivity contribution in [1.82, 2.24) is 0 Å². The standard InChI is InChI=1S/C42H46O2S4/c1-3-5-23-43-25-9-7-11-29-13-17-31(18-14-29)35-27-37-39(45-35)33-21-22-34-40-38(48-42(34)41(33)47-37)28-36(46-40)32-19-15-30(16-20-32)12-8-10-26-44-24-6-4-2/h13-22,27-28H,3-12,23-26H2,1-2H3. The molecule has 0 bridgehead atoms. The van der Waals surface area contributed by atoms with E-state index in [1.807, 2.05) is 45.3 Å². The van der Waals surface area contributed by atoms with Crippen LogP contribution >= 0.6 is 45.3 Å². The molecule has 48 heavy (non-hydrogen) atoms. The van der Waals surface area contributed by atoms with E-state index in [0.29, 0.717) is 0 Å². The average Bonchev–Trinajstić information content (AvgIpc) is 3.88. The first-order valence-corrected chi connectivity index (χ1v) is 21.1. The molecule has 0 aliphatic carbocycles. The Bertz CT molecular complexity index is 1910. The number of benzene rings is 3. The van der Waals surface area contributed by atoms with Gasteiger partial charge in [0, 0.05) is 56.4 Å². The van der Waals surface area contributed by atoms with Crippen LogP contribution in [0.5, 0.6) is 0 Å². The number of ether oxygens (including phenoxy) is 2. The van der Waals surface area contributed by atoms with Crippen LogP contribution in [0.1, 0.15) is 76.3 Å². The van der Waals surface area contributed by atoms with Crippen molar-refractivity contribution in [3.05, 3.63) is 83.9 Å². The summed E-state index contributed by atoms with van der Waals surface area (Å²) in [5.74, 6) is 0. The Labute approximate surface area is 301 Å². The minimum atomic E-state index is 0.889. The minimum Gasteiger partial charge on any atom is -0.381 e. The van der Waals surface area contributed by atoms with Crippen molar-refractivity contribution >= 4 is 84.3 Å². The van der Waals surface area contributed by atoms with Gasteiger partial charge in [-0.15, -0.1) is 45.3 Å². The van der Waals surface area contributed by atoms with Crippen LogP contribution in [-0.4, -0.2) is 26.4 Å². The van der Waals surface area contributed by atoms with E-state index in [0.717, 1.165) is 52.1 Å². The molecule has 0 radical (unpaired) electrons. The monoisotopic (exact) mass is 710 g/mol. The lowest BCUT2D eigenvalue weighted by atomic mass is 10.1. The van der Waals surface area contributed by atoms with Crippen LogP contribution in [0.15, 0.2) is 72.8 Å². The highest BCUT2D eigenvalue weighted by Gasteiger charge is 2.17. The van der Waals surface area contributed by atoms with Crippen LogP contribution in [0.4, 0.5) is 0 Å². The Kier molecular flexibility index (Phi) is 11.6. The summed E-state index contributed by atoms with van der Waals surface area (Å²) >= 11 is 7.83. The number of rotatable bonds is 18. The van der Waals surface area contributed by atoms with E-state index in [4.69, 9.17) is 9.47 Å². The first-order chi connectivity index (χ1) is 23.7. The van der Waals surface area contributed by atoms with Gasteiger partial charge in [0.15, 0.2) is 0 Å². The first kappa shape index (κ1) is 33.9. The minimum absolute atomic E-state index is 0.889. The normalized spacial score (nSPS) is 12.0. The van der Waals surface area contributed by atoms with Gasteiger partial charge in [-0.1, -0.05) is 87.4 Å². The average molecular weight is 711 g/mol. The van der Waals surface area contributed by atoms with E-state index in [-0.39, 0.29) is 0 Å². The van der Waals surface area contributed by atoms with Gasteiger partial charge in [-0.25, -0.2) is 0 Å². The fraction of sp³-hybridized carbons (Fsp3) is 0.381. The number of hydrogen-bond acceptors (Lipinski definition) is 6. The molecule has 4 heterocycles. The van der Waals surface area contributed by atoms with Crippen molar-refractivity contribution in [3.8, 4) is 20.9 Å². The maximum Gasteiger partial charge on any atom is 0.0542 e. The van der Waals surface area contributed by atoms with E-state index >= 15 is 0 Å².